The van der Waals surface area contributed by atoms with E-state index in [1.165, 1.54) is 0 Å². The quantitative estimate of drug-likeness (QED) is 0.252. The number of ether oxygens (including phenoxy) is 4. The lowest BCUT2D eigenvalue weighted by atomic mass is 10.0. The van der Waals surface area contributed by atoms with Crippen molar-refractivity contribution in [2.75, 3.05) is 20.1 Å². The minimum atomic E-state index is -0.450. The van der Waals surface area contributed by atoms with Crippen molar-refractivity contribution in [3.8, 4) is 11.5 Å². The van der Waals surface area contributed by atoms with E-state index in [2.05, 4.69) is 0 Å². The Labute approximate surface area is 200 Å². The van der Waals surface area contributed by atoms with Crippen LogP contribution in [0.25, 0.3) is 0 Å². The second kappa shape index (κ2) is 12.9. The molecule has 0 heterocycles. The van der Waals surface area contributed by atoms with Crippen LogP contribution in [0.4, 0.5) is 0 Å². The molecule has 6 heteroatoms. The Balaban J connectivity index is 1.76. The number of hydrogen-bond donors (Lipinski definition) is 0. The summed E-state index contributed by atoms with van der Waals surface area (Å²) in [7, 11) is 3.21. The lowest BCUT2D eigenvalue weighted by molar-refractivity contribution is -0.00518. The summed E-state index contributed by atoms with van der Waals surface area (Å²) in [6, 6.07) is 24.5. The van der Waals surface area contributed by atoms with Crippen LogP contribution in [-0.4, -0.2) is 38.3 Å². The topological polar surface area (TPSA) is 54.0 Å². The first-order valence-electron chi connectivity index (χ1n) is 10.8. The van der Waals surface area contributed by atoms with E-state index >= 15 is 0 Å². The summed E-state index contributed by atoms with van der Waals surface area (Å²) in [5, 5.41) is 0. The molecule has 174 valence electrons. The maximum absolute atomic E-state index is 12.8. The number of carbonyl (C=O) groups is 1. The molecule has 5 nitrogen and oxygen atoms in total. The molecule has 0 radical (unpaired) electrons. The van der Waals surface area contributed by atoms with Crippen LogP contribution in [0.15, 0.2) is 78.9 Å². The Morgan fingerprint density at radius 1 is 0.818 bits per heavy atom. The van der Waals surface area contributed by atoms with Gasteiger partial charge in [-0.05, 0) is 35.4 Å². The van der Waals surface area contributed by atoms with Crippen LogP contribution in [0.5, 0.6) is 11.5 Å². The second-order valence-corrected chi connectivity index (χ2v) is 7.94. The fraction of sp³-hybridized carbons (Fsp3) is 0.296. The van der Waals surface area contributed by atoms with Crippen molar-refractivity contribution < 1.29 is 23.7 Å². The zero-order chi connectivity index (χ0) is 23.5. The van der Waals surface area contributed by atoms with Crippen molar-refractivity contribution >= 4 is 17.6 Å². The van der Waals surface area contributed by atoms with Gasteiger partial charge >= 0.3 is 5.97 Å². The highest BCUT2D eigenvalue weighted by Crippen LogP contribution is 2.25. The molecule has 0 spiro atoms. The molecule has 0 aliphatic heterocycles. The largest absolute Gasteiger partial charge is 0.497 e. The van der Waals surface area contributed by atoms with Crippen molar-refractivity contribution in [2.45, 2.75) is 31.7 Å². The van der Waals surface area contributed by atoms with Crippen molar-refractivity contribution in [3.63, 3.8) is 0 Å². The molecule has 3 aromatic rings. The Morgan fingerprint density at radius 2 is 1.42 bits per heavy atom. The molecule has 0 saturated carbocycles. The molecule has 0 aliphatic carbocycles. The van der Waals surface area contributed by atoms with Crippen LogP contribution < -0.4 is 9.47 Å². The smallest absolute Gasteiger partial charge is 0.338 e. The number of hydrogen-bond acceptors (Lipinski definition) is 5. The van der Waals surface area contributed by atoms with Gasteiger partial charge in [-0.3, -0.25) is 0 Å². The molecule has 3 rings (SSSR count). The molecule has 0 bridgehead atoms. The molecule has 0 saturated heterocycles. The first kappa shape index (κ1) is 24.6. The number of alkyl halides is 1. The SMILES string of the molecule is COc1cc(C[C@H](C[C@@H](CCl)OCc2ccccc2)OC(=O)c2ccccc2)cc(OC)c1. The third-order valence-electron chi connectivity index (χ3n) is 5.18. The molecular weight excluding hydrogens is 440 g/mol. The van der Waals surface area contributed by atoms with E-state index in [-0.39, 0.29) is 18.0 Å². The highest BCUT2D eigenvalue weighted by atomic mass is 35.5. The molecule has 2 atom stereocenters. The van der Waals surface area contributed by atoms with Gasteiger partial charge in [0.1, 0.15) is 17.6 Å². The standard InChI is InChI=1S/C27H29ClO5/c1-30-23-13-21(14-24(16-23)31-2)15-25(33-27(29)22-11-7-4-8-12-22)17-26(18-28)32-19-20-9-5-3-6-10-20/h3-14,16,25-26H,15,17-19H2,1-2H3/t25-,26+/m1/s1. The van der Waals surface area contributed by atoms with E-state index in [0.717, 1.165) is 11.1 Å². The fourth-order valence-corrected chi connectivity index (χ4v) is 3.69. The van der Waals surface area contributed by atoms with Gasteiger partial charge in [-0.2, -0.15) is 0 Å². The van der Waals surface area contributed by atoms with Gasteiger partial charge in [0, 0.05) is 24.8 Å². The van der Waals surface area contributed by atoms with Crippen LogP contribution in [0.3, 0.4) is 0 Å². The average Bonchev–Trinajstić information content (AvgIpc) is 2.87. The summed E-state index contributed by atoms with van der Waals surface area (Å²) < 4.78 is 22.7. The van der Waals surface area contributed by atoms with Gasteiger partial charge in [-0.25, -0.2) is 4.79 Å². The summed E-state index contributed by atoms with van der Waals surface area (Å²) in [5.74, 6) is 1.25. The molecule has 0 amide bonds. The fourth-order valence-electron chi connectivity index (χ4n) is 3.47. The molecule has 0 unspecified atom stereocenters. The lowest BCUT2D eigenvalue weighted by Crippen LogP contribution is -2.28. The first-order valence-corrected chi connectivity index (χ1v) is 11.3. The number of benzene rings is 3. The molecule has 3 aromatic carbocycles. The number of halogens is 1. The van der Waals surface area contributed by atoms with Crippen LogP contribution in [0.2, 0.25) is 0 Å². The van der Waals surface area contributed by atoms with Gasteiger partial charge in [-0.15, -0.1) is 11.6 Å². The van der Waals surface area contributed by atoms with Gasteiger partial charge < -0.3 is 18.9 Å². The van der Waals surface area contributed by atoms with E-state index in [4.69, 9.17) is 30.5 Å². The zero-order valence-electron chi connectivity index (χ0n) is 18.9. The molecule has 0 aliphatic rings. The van der Waals surface area contributed by atoms with Gasteiger partial charge in [0.25, 0.3) is 0 Å². The number of methoxy groups -OCH3 is 2. The van der Waals surface area contributed by atoms with E-state index in [9.17, 15) is 4.79 Å². The van der Waals surface area contributed by atoms with Crippen molar-refractivity contribution in [1.82, 2.24) is 0 Å². The van der Waals surface area contributed by atoms with Crippen molar-refractivity contribution in [1.29, 1.82) is 0 Å². The van der Waals surface area contributed by atoms with Gasteiger partial charge in [0.2, 0.25) is 0 Å². The lowest BCUT2D eigenvalue weighted by Gasteiger charge is -2.23. The Hall–Kier alpha value is -3.02. The number of esters is 1. The first-order chi connectivity index (χ1) is 16.1. The van der Waals surface area contributed by atoms with Gasteiger partial charge in [-0.1, -0.05) is 48.5 Å². The van der Waals surface area contributed by atoms with E-state index < -0.39 is 6.10 Å². The Morgan fingerprint density at radius 3 is 2.00 bits per heavy atom. The highest BCUT2D eigenvalue weighted by Gasteiger charge is 2.22. The monoisotopic (exact) mass is 468 g/mol. The van der Waals surface area contributed by atoms with Crippen LogP contribution in [-0.2, 0) is 22.5 Å². The summed E-state index contributed by atoms with van der Waals surface area (Å²) in [6.45, 7) is 0.435. The number of rotatable bonds is 12. The predicted octanol–water partition coefficient (Wildman–Crippen LogP) is 5.69. The normalized spacial score (nSPS) is 12.6. The Bertz CT molecular complexity index is 972. The molecule has 0 N–H and O–H groups in total. The van der Waals surface area contributed by atoms with Crippen LogP contribution >= 0.6 is 11.6 Å². The predicted molar refractivity (Wildman–Crippen MR) is 129 cm³/mol. The zero-order valence-corrected chi connectivity index (χ0v) is 19.7. The third kappa shape index (κ3) is 7.81. The summed E-state index contributed by atoms with van der Waals surface area (Å²) in [4.78, 5) is 12.8. The van der Waals surface area contributed by atoms with Crippen LogP contribution in [0, 0.1) is 0 Å². The average molecular weight is 469 g/mol. The van der Waals surface area contributed by atoms with Crippen LogP contribution in [0.1, 0.15) is 27.9 Å². The van der Waals surface area contributed by atoms with Crippen molar-refractivity contribution in [3.05, 3.63) is 95.6 Å². The Kier molecular flexibility index (Phi) is 9.60. The van der Waals surface area contributed by atoms with Gasteiger partial charge in [0.05, 0.1) is 32.5 Å². The summed E-state index contributed by atoms with van der Waals surface area (Å²) >= 11 is 6.22. The molecule has 33 heavy (non-hydrogen) atoms. The summed E-state index contributed by atoms with van der Waals surface area (Å²) in [6.07, 6.45) is 0.185. The maximum Gasteiger partial charge on any atom is 0.338 e. The summed E-state index contributed by atoms with van der Waals surface area (Å²) in [5.41, 5.74) is 2.48. The third-order valence-corrected chi connectivity index (χ3v) is 5.53. The maximum atomic E-state index is 12.8. The van der Waals surface area contributed by atoms with E-state index in [1.54, 1.807) is 32.4 Å². The minimum Gasteiger partial charge on any atom is -0.497 e. The molecular formula is C27H29ClO5. The molecule has 0 fully saturated rings. The van der Waals surface area contributed by atoms with Crippen molar-refractivity contribution in [2.24, 2.45) is 0 Å². The van der Waals surface area contributed by atoms with E-state index in [0.29, 0.717) is 36.5 Å². The minimum absolute atomic E-state index is 0.284. The van der Waals surface area contributed by atoms with E-state index in [1.807, 2.05) is 60.7 Å². The van der Waals surface area contributed by atoms with Gasteiger partial charge in [0.15, 0.2) is 0 Å². The highest BCUT2D eigenvalue weighted by molar-refractivity contribution is 6.18. The second-order valence-electron chi connectivity index (χ2n) is 7.63. The number of carbonyl (C=O) groups excluding carboxylic acids is 1. The molecule has 0 aromatic heterocycles.